The molecule has 2 nitrogen and oxygen atoms in total. The minimum Gasteiger partial charge on any atom is -0.363 e. The Morgan fingerprint density at radius 1 is 1.54 bits per heavy atom. The van der Waals surface area contributed by atoms with E-state index in [1.807, 2.05) is 0 Å². The van der Waals surface area contributed by atoms with Gasteiger partial charge in [-0.1, -0.05) is 6.92 Å². The van der Waals surface area contributed by atoms with Gasteiger partial charge in [0.2, 0.25) is 0 Å². The first kappa shape index (κ1) is 9.81. The van der Waals surface area contributed by atoms with Crippen molar-refractivity contribution in [3.63, 3.8) is 0 Å². The lowest BCUT2D eigenvalue weighted by atomic mass is 10.1. The van der Waals surface area contributed by atoms with Crippen molar-refractivity contribution >= 4 is 11.8 Å². The molecule has 3 atom stereocenters. The maximum atomic E-state index is 5.73. The van der Waals surface area contributed by atoms with E-state index in [4.69, 9.17) is 4.74 Å². The molecule has 0 radical (unpaired) electrons. The molecule has 0 aromatic rings. The third kappa shape index (κ3) is 2.86. The molecular formula is C10H19NOS. The van der Waals surface area contributed by atoms with E-state index in [0.717, 1.165) is 18.4 Å². The maximum absolute atomic E-state index is 5.73. The van der Waals surface area contributed by atoms with Crippen molar-refractivity contribution in [2.75, 3.05) is 18.9 Å². The SMILES string of the molecule is CC1CNC(CC2CCCS2)OC1. The molecule has 76 valence electrons. The summed E-state index contributed by atoms with van der Waals surface area (Å²) in [7, 11) is 0. The summed E-state index contributed by atoms with van der Waals surface area (Å²) in [5, 5.41) is 4.31. The van der Waals surface area contributed by atoms with Crippen molar-refractivity contribution < 1.29 is 4.74 Å². The summed E-state index contributed by atoms with van der Waals surface area (Å²) >= 11 is 2.12. The Labute approximate surface area is 84.8 Å². The van der Waals surface area contributed by atoms with Crippen LogP contribution in [0.25, 0.3) is 0 Å². The lowest BCUT2D eigenvalue weighted by molar-refractivity contribution is -0.0278. The van der Waals surface area contributed by atoms with Crippen LogP contribution >= 0.6 is 11.8 Å². The predicted octanol–water partition coefficient (Wildman–Crippen LogP) is 1.85. The normalized spacial score (nSPS) is 40.8. The summed E-state index contributed by atoms with van der Waals surface area (Å²) in [6, 6.07) is 0. The van der Waals surface area contributed by atoms with E-state index in [9.17, 15) is 0 Å². The van der Waals surface area contributed by atoms with Gasteiger partial charge < -0.3 is 4.74 Å². The van der Waals surface area contributed by atoms with Gasteiger partial charge in [-0.05, 0) is 30.9 Å². The van der Waals surface area contributed by atoms with Gasteiger partial charge in [0, 0.05) is 11.8 Å². The molecule has 2 fully saturated rings. The second-order valence-electron chi connectivity index (χ2n) is 4.21. The van der Waals surface area contributed by atoms with Gasteiger partial charge in [0.25, 0.3) is 0 Å². The third-order valence-electron chi connectivity index (χ3n) is 2.78. The molecule has 2 aliphatic rings. The number of ether oxygens (including phenoxy) is 1. The van der Waals surface area contributed by atoms with Gasteiger partial charge in [0.05, 0.1) is 6.61 Å². The summed E-state index contributed by atoms with van der Waals surface area (Å²) in [6.07, 6.45) is 4.34. The molecule has 1 N–H and O–H groups in total. The summed E-state index contributed by atoms with van der Waals surface area (Å²) < 4.78 is 5.73. The molecular weight excluding hydrogens is 182 g/mol. The number of rotatable bonds is 2. The van der Waals surface area contributed by atoms with Gasteiger partial charge in [0.15, 0.2) is 0 Å². The van der Waals surface area contributed by atoms with Crippen LogP contribution in [-0.4, -0.2) is 30.4 Å². The third-order valence-corrected chi connectivity index (χ3v) is 4.20. The molecule has 2 rings (SSSR count). The van der Waals surface area contributed by atoms with Crippen LogP contribution in [-0.2, 0) is 4.74 Å². The summed E-state index contributed by atoms with van der Waals surface area (Å²) in [5.74, 6) is 2.04. The fourth-order valence-electron chi connectivity index (χ4n) is 1.95. The molecule has 0 amide bonds. The van der Waals surface area contributed by atoms with Crippen LogP contribution in [0, 0.1) is 5.92 Å². The highest BCUT2D eigenvalue weighted by Gasteiger charge is 2.23. The summed E-state index contributed by atoms with van der Waals surface area (Å²) in [5.41, 5.74) is 0. The average Bonchev–Trinajstić information content (AvgIpc) is 2.62. The molecule has 3 unspecified atom stereocenters. The topological polar surface area (TPSA) is 21.3 Å². The second-order valence-corrected chi connectivity index (χ2v) is 5.61. The van der Waals surface area contributed by atoms with E-state index in [-0.39, 0.29) is 0 Å². The Bertz CT molecular complexity index is 151. The van der Waals surface area contributed by atoms with Crippen LogP contribution in [0.1, 0.15) is 26.2 Å². The molecule has 3 heteroatoms. The van der Waals surface area contributed by atoms with Crippen molar-refractivity contribution in [3.8, 4) is 0 Å². The van der Waals surface area contributed by atoms with E-state index >= 15 is 0 Å². The van der Waals surface area contributed by atoms with Gasteiger partial charge >= 0.3 is 0 Å². The molecule has 0 bridgehead atoms. The van der Waals surface area contributed by atoms with Gasteiger partial charge in [-0.3, -0.25) is 5.32 Å². The molecule has 13 heavy (non-hydrogen) atoms. The first-order valence-corrected chi connectivity index (χ1v) is 6.36. The van der Waals surface area contributed by atoms with Crippen LogP contribution in [0.3, 0.4) is 0 Å². The van der Waals surface area contributed by atoms with Crippen molar-refractivity contribution in [1.29, 1.82) is 0 Å². The highest BCUT2D eigenvalue weighted by Crippen LogP contribution is 2.30. The van der Waals surface area contributed by atoms with Gasteiger partial charge in [0.1, 0.15) is 6.23 Å². The lowest BCUT2D eigenvalue weighted by Crippen LogP contribution is -2.43. The predicted molar refractivity (Wildman–Crippen MR) is 57.0 cm³/mol. The number of thioether (sulfide) groups is 1. The Morgan fingerprint density at radius 3 is 3.08 bits per heavy atom. The first-order chi connectivity index (χ1) is 6.34. The Morgan fingerprint density at radius 2 is 2.46 bits per heavy atom. The van der Waals surface area contributed by atoms with E-state index in [0.29, 0.717) is 12.1 Å². The summed E-state index contributed by atoms with van der Waals surface area (Å²) in [6.45, 7) is 4.30. The monoisotopic (exact) mass is 201 g/mol. The van der Waals surface area contributed by atoms with E-state index < -0.39 is 0 Å². The zero-order valence-corrected chi connectivity index (χ0v) is 9.11. The first-order valence-electron chi connectivity index (χ1n) is 5.31. The lowest BCUT2D eigenvalue weighted by Gasteiger charge is -2.29. The highest BCUT2D eigenvalue weighted by atomic mass is 32.2. The minimum atomic E-state index is 0.340. The smallest absolute Gasteiger partial charge is 0.109 e. The maximum Gasteiger partial charge on any atom is 0.109 e. The highest BCUT2D eigenvalue weighted by molar-refractivity contribution is 8.00. The average molecular weight is 201 g/mol. The quantitative estimate of drug-likeness (QED) is 0.737. The van der Waals surface area contributed by atoms with Gasteiger partial charge in [-0.15, -0.1) is 0 Å². The molecule has 2 heterocycles. The molecule has 0 spiro atoms. The fraction of sp³-hybridized carbons (Fsp3) is 1.00. The van der Waals surface area contributed by atoms with E-state index in [2.05, 4.69) is 24.0 Å². The van der Waals surface area contributed by atoms with Gasteiger partial charge in [-0.2, -0.15) is 11.8 Å². The zero-order chi connectivity index (χ0) is 9.10. The number of hydrogen-bond donors (Lipinski definition) is 1. The van der Waals surface area contributed by atoms with Crippen LogP contribution in [0.4, 0.5) is 0 Å². The van der Waals surface area contributed by atoms with Crippen LogP contribution in [0.2, 0.25) is 0 Å². The molecule has 2 aliphatic heterocycles. The second kappa shape index (κ2) is 4.67. The number of nitrogens with one attached hydrogen (secondary N) is 1. The largest absolute Gasteiger partial charge is 0.363 e. The van der Waals surface area contributed by atoms with Crippen molar-refractivity contribution in [1.82, 2.24) is 5.32 Å². The molecule has 0 aromatic carbocycles. The van der Waals surface area contributed by atoms with Crippen molar-refractivity contribution in [3.05, 3.63) is 0 Å². The molecule has 0 saturated carbocycles. The Hall–Kier alpha value is 0.270. The van der Waals surface area contributed by atoms with Crippen molar-refractivity contribution in [2.45, 2.75) is 37.7 Å². The molecule has 0 aliphatic carbocycles. The zero-order valence-electron chi connectivity index (χ0n) is 8.29. The molecule has 0 aromatic heterocycles. The van der Waals surface area contributed by atoms with Crippen molar-refractivity contribution in [2.24, 2.45) is 5.92 Å². The minimum absolute atomic E-state index is 0.340. The molecule has 2 saturated heterocycles. The Balaban J connectivity index is 1.69. The number of hydrogen-bond acceptors (Lipinski definition) is 3. The van der Waals surface area contributed by atoms with Gasteiger partial charge in [-0.25, -0.2) is 0 Å². The van der Waals surface area contributed by atoms with Crippen LogP contribution in [0.5, 0.6) is 0 Å². The van der Waals surface area contributed by atoms with E-state index in [1.54, 1.807) is 0 Å². The Kier molecular flexibility index (Phi) is 3.52. The standard InChI is InChI=1S/C10H19NOS/c1-8-6-11-10(12-7-8)5-9-3-2-4-13-9/h8-11H,2-7H2,1H3. The fourth-order valence-corrected chi connectivity index (χ4v) is 3.26. The summed E-state index contributed by atoms with van der Waals surface area (Å²) in [4.78, 5) is 0. The van der Waals surface area contributed by atoms with E-state index in [1.165, 1.54) is 25.0 Å². The van der Waals surface area contributed by atoms with Crippen LogP contribution < -0.4 is 5.32 Å². The van der Waals surface area contributed by atoms with Crippen LogP contribution in [0.15, 0.2) is 0 Å².